The van der Waals surface area contributed by atoms with Gasteiger partial charge in [0.15, 0.2) is 0 Å². The third-order valence-electron chi connectivity index (χ3n) is 5.45. The van der Waals surface area contributed by atoms with Gasteiger partial charge in [0.05, 0.1) is 5.92 Å². The van der Waals surface area contributed by atoms with E-state index in [1.54, 1.807) is 6.07 Å². The molecule has 2 saturated heterocycles. The molecule has 3 nitrogen and oxygen atoms in total. The Bertz CT molecular complexity index is 574. The molecule has 3 aliphatic rings. The summed E-state index contributed by atoms with van der Waals surface area (Å²) >= 11 is 0. The molecule has 0 saturated carbocycles. The third-order valence-corrected chi connectivity index (χ3v) is 5.45. The first kappa shape index (κ1) is 12.3. The molecule has 2 aliphatic heterocycles. The number of fused-ring (bicyclic) bond motifs is 3. The van der Waals surface area contributed by atoms with Crippen molar-refractivity contribution in [2.45, 2.75) is 50.2 Å². The van der Waals surface area contributed by atoms with Crippen LogP contribution in [0.1, 0.15) is 42.9 Å². The van der Waals surface area contributed by atoms with Crippen LogP contribution in [0.3, 0.4) is 0 Å². The van der Waals surface area contributed by atoms with E-state index in [1.165, 1.54) is 6.07 Å². The van der Waals surface area contributed by atoms with E-state index in [0.717, 1.165) is 43.2 Å². The monoisotopic (exact) mass is 275 g/mol. The summed E-state index contributed by atoms with van der Waals surface area (Å²) in [5.74, 6) is -1.00. The Morgan fingerprint density at radius 1 is 1.30 bits per heavy atom. The van der Waals surface area contributed by atoms with Crippen LogP contribution in [-0.2, 0) is 11.2 Å². The Morgan fingerprint density at radius 2 is 2.15 bits per heavy atom. The topological polar surface area (TPSA) is 40.5 Å². The van der Waals surface area contributed by atoms with Gasteiger partial charge >= 0.3 is 5.97 Å². The third kappa shape index (κ3) is 1.57. The number of aliphatic carboxylic acids is 1. The number of benzene rings is 1. The second kappa shape index (κ2) is 4.29. The van der Waals surface area contributed by atoms with Crippen molar-refractivity contribution in [2.24, 2.45) is 5.92 Å². The summed E-state index contributed by atoms with van der Waals surface area (Å²) in [5, 5.41) is 9.35. The van der Waals surface area contributed by atoms with Gasteiger partial charge in [0.2, 0.25) is 0 Å². The van der Waals surface area contributed by atoms with Crippen LogP contribution in [0.2, 0.25) is 0 Å². The number of carboxylic acids is 1. The molecule has 2 bridgehead atoms. The van der Waals surface area contributed by atoms with Gasteiger partial charge in [-0.15, -0.1) is 0 Å². The molecule has 2 heterocycles. The Kier molecular flexibility index (Phi) is 2.64. The minimum absolute atomic E-state index is 0.105. The van der Waals surface area contributed by atoms with Crippen molar-refractivity contribution in [1.29, 1.82) is 0 Å². The lowest BCUT2D eigenvalue weighted by atomic mass is 9.89. The number of rotatable bonds is 2. The molecule has 4 atom stereocenters. The van der Waals surface area contributed by atoms with Crippen LogP contribution in [0.5, 0.6) is 0 Å². The highest BCUT2D eigenvalue weighted by atomic mass is 19.1. The molecule has 1 aromatic carbocycles. The highest BCUT2D eigenvalue weighted by Crippen LogP contribution is 2.50. The lowest BCUT2D eigenvalue weighted by Crippen LogP contribution is -2.35. The highest BCUT2D eigenvalue weighted by Gasteiger charge is 2.52. The number of carbonyl (C=O) groups is 1. The van der Waals surface area contributed by atoms with Gasteiger partial charge in [-0.3, -0.25) is 9.69 Å². The van der Waals surface area contributed by atoms with E-state index in [9.17, 15) is 14.3 Å². The number of hydrogen-bond acceptors (Lipinski definition) is 2. The SMILES string of the molecule is O=C(O)C1CC2CCC1N2C1CCc2c(F)cccc21. The van der Waals surface area contributed by atoms with Crippen molar-refractivity contribution in [1.82, 2.24) is 4.90 Å². The molecule has 0 amide bonds. The zero-order chi connectivity index (χ0) is 13.9. The average molecular weight is 275 g/mol. The second-order valence-electron chi connectivity index (χ2n) is 6.29. The number of halogens is 1. The van der Waals surface area contributed by atoms with Gasteiger partial charge in [0.1, 0.15) is 5.82 Å². The molecule has 4 heteroatoms. The summed E-state index contributed by atoms with van der Waals surface area (Å²) < 4.78 is 13.9. The predicted molar refractivity (Wildman–Crippen MR) is 71.9 cm³/mol. The predicted octanol–water partition coefficient (Wildman–Crippen LogP) is 2.75. The largest absolute Gasteiger partial charge is 0.481 e. The van der Waals surface area contributed by atoms with Gasteiger partial charge in [0.25, 0.3) is 0 Å². The van der Waals surface area contributed by atoms with Gasteiger partial charge in [-0.2, -0.15) is 0 Å². The quantitative estimate of drug-likeness (QED) is 0.902. The second-order valence-corrected chi connectivity index (χ2v) is 6.29. The number of carboxylic acid groups (broad SMARTS) is 1. The maximum atomic E-state index is 13.9. The maximum absolute atomic E-state index is 13.9. The normalized spacial score (nSPS) is 35.5. The molecular weight excluding hydrogens is 257 g/mol. The summed E-state index contributed by atoms with van der Waals surface area (Å²) in [7, 11) is 0. The Labute approximate surface area is 117 Å². The van der Waals surface area contributed by atoms with Crippen molar-refractivity contribution in [3.63, 3.8) is 0 Å². The van der Waals surface area contributed by atoms with Gasteiger partial charge in [0, 0.05) is 18.1 Å². The summed E-state index contributed by atoms with van der Waals surface area (Å²) in [6.45, 7) is 0. The molecule has 106 valence electrons. The van der Waals surface area contributed by atoms with Crippen molar-refractivity contribution in [3.8, 4) is 0 Å². The molecule has 20 heavy (non-hydrogen) atoms. The summed E-state index contributed by atoms with van der Waals surface area (Å²) in [5.41, 5.74) is 1.93. The van der Waals surface area contributed by atoms with Crippen molar-refractivity contribution < 1.29 is 14.3 Å². The van der Waals surface area contributed by atoms with E-state index in [0.29, 0.717) is 6.04 Å². The first-order valence-electron chi connectivity index (χ1n) is 7.44. The molecule has 2 fully saturated rings. The lowest BCUT2D eigenvalue weighted by molar-refractivity contribution is -0.142. The first-order chi connectivity index (χ1) is 9.66. The molecular formula is C16H18FNO2. The molecule has 0 radical (unpaired) electrons. The Morgan fingerprint density at radius 3 is 2.90 bits per heavy atom. The molecule has 0 aromatic heterocycles. The van der Waals surface area contributed by atoms with Crippen molar-refractivity contribution in [2.75, 3.05) is 0 Å². The minimum atomic E-state index is -0.667. The van der Waals surface area contributed by atoms with Crippen LogP contribution >= 0.6 is 0 Å². The summed E-state index contributed by atoms with van der Waals surface area (Å²) in [6, 6.07) is 6.07. The molecule has 4 rings (SSSR count). The van der Waals surface area contributed by atoms with Crippen LogP contribution in [0.25, 0.3) is 0 Å². The maximum Gasteiger partial charge on any atom is 0.308 e. The standard InChI is InChI=1S/C16H18FNO2/c17-13-3-1-2-11-10(13)5-7-14(11)18-9-4-6-15(18)12(8-9)16(19)20/h1-3,9,12,14-15H,4-8H2,(H,19,20). The van der Waals surface area contributed by atoms with E-state index < -0.39 is 5.97 Å². The first-order valence-corrected chi connectivity index (χ1v) is 7.44. The van der Waals surface area contributed by atoms with E-state index in [2.05, 4.69) is 4.90 Å². The number of hydrogen-bond donors (Lipinski definition) is 1. The zero-order valence-corrected chi connectivity index (χ0v) is 11.3. The van der Waals surface area contributed by atoms with Crippen LogP contribution in [0.4, 0.5) is 4.39 Å². The lowest BCUT2D eigenvalue weighted by Gasteiger charge is -2.30. The van der Waals surface area contributed by atoms with Gasteiger partial charge < -0.3 is 5.11 Å². The Balaban J connectivity index is 1.68. The van der Waals surface area contributed by atoms with Crippen LogP contribution in [0, 0.1) is 11.7 Å². The van der Waals surface area contributed by atoms with E-state index in [-0.39, 0.29) is 23.8 Å². The minimum Gasteiger partial charge on any atom is -0.481 e. The number of nitrogens with zero attached hydrogens (tertiary/aromatic N) is 1. The fourth-order valence-corrected chi connectivity index (χ4v) is 4.68. The fraction of sp³-hybridized carbons (Fsp3) is 0.562. The molecule has 0 spiro atoms. The van der Waals surface area contributed by atoms with Crippen LogP contribution in [-0.4, -0.2) is 28.1 Å². The summed E-state index contributed by atoms with van der Waals surface area (Å²) in [4.78, 5) is 13.8. The van der Waals surface area contributed by atoms with Gasteiger partial charge in [-0.25, -0.2) is 4.39 Å². The van der Waals surface area contributed by atoms with Gasteiger partial charge in [-0.1, -0.05) is 12.1 Å². The van der Waals surface area contributed by atoms with Crippen LogP contribution < -0.4 is 0 Å². The summed E-state index contributed by atoms with van der Waals surface area (Å²) in [6.07, 6.45) is 4.54. The van der Waals surface area contributed by atoms with E-state index in [4.69, 9.17) is 0 Å². The smallest absolute Gasteiger partial charge is 0.308 e. The average Bonchev–Trinajstić information content (AvgIpc) is 3.09. The van der Waals surface area contributed by atoms with Gasteiger partial charge in [-0.05, 0) is 49.3 Å². The fourth-order valence-electron chi connectivity index (χ4n) is 4.68. The van der Waals surface area contributed by atoms with Crippen molar-refractivity contribution >= 4 is 5.97 Å². The van der Waals surface area contributed by atoms with E-state index >= 15 is 0 Å². The van der Waals surface area contributed by atoms with Crippen molar-refractivity contribution in [3.05, 3.63) is 35.1 Å². The molecule has 1 N–H and O–H groups in total. The van der Waals surface area contributed by atoms with Crippen LogP contribution in [0.15, 0.2) is 18.2 Å². The highest BCUT2D eigenvalue weighted by molar-refractivity contribution is 5.72. The zero-order valence-electron chi connectivity index (χ0n) is 11.3. The Hall–Kier alpha value is -1.42. The molecule has 4 unspecified atom stereocenters. The van der Waals surface area contributed by atoms with E-state index in [1.807, 2.05) is 6.07 Å². The molecule has 1 aromatic rings. The molecule has 1 aliphatic carbocycles.